The van der Waals surface area contributed by atoms with Gasteiger partial charge in [-0.05, 0) is 18.7 Å². The normalized spacial score (nSPS) is 12.4. The Balaban J connectivity index is 2.19. The summed E-state index contributed by atoms with van der Waals surface area (Å²) in [5, 5.41) is 10.2. The van der Waals surface area contributed by atoms with Crippen molar-refractivity contribution < 1.29 is 9.84 Å². The fraction of sp³-hybridized carbons (Fsp3) is 0.294. The first kappa shape index (κ1) is 15.4. The van der Waals surface area contributed by atoms with E-state index in [1.807, 2.05) is 37.4 Å². The van der Waals surface area contributed by atoms with Gasteiger partial charge in [0.2, 0.25) is 0 Å². The summed E-state index contributed by atoms with van der Waals surface area (Å²) in [6.45, 7) is 1.21. The van der Waals surface area contributed by atoms with Crippen molar-refractivity contribution in [3.05, 3.63) is 59.7 Å². The highest BCUT2D eigenvalue weighted by Crippen LogP contribution is 2.31. The molecule has 0 saturated carbocycles. The molecule has 0 saturated heterocycles. The summed E-state index contributed by atoms with van der Waals surface area (Å²) < 4.78 is 5.11. The molecule has 0 heterocycles. The lowest BCUT2D eigenvalue weighted by molar-refractivity contribution is 0.236. The van der Waals surface area contributed by atoms with Crippen LogP contribution in [0.25, 0.3) is 0 Å². The number of rotatable bonds is 6. The van der Waals surface area contributed by atoms with Crippen molar-refractivity contribution in [3.63, 3.8) is 0 Å². The number of phenols is 1. The summed E-state index contributed by atoms with van der Waals surface area (Å²) in [5.41, 5.74) is 7.95. The van der Waals surface area contributed by atoms with E-state index in [2.05, 4.69) is 17.0 Å². The predicted octanol–water partition coefficient (Wildman–Crippen LogP) is 2.53. The van der Waals surface area contributed by atoms with E-state index < -0.39 is 0 Å². The van der Waals surface area contributed by atoms with Crippen molar-refractivity contribution in [3.8, 4) is 11.5 Å². The lowest BCUT2D eigenvalue weighted by Gasteiger charge is -2.28. The standard InChI is InChI=1S/C17H22N2O2/c1-19(12-13-6-4-3-5-7-13)16(11-18)15-9-8-14(21-2)10-17(15)20/h3-10,16,20H,11-12,18H2,1-2H3. The highest BCUT2D eigenvalue weighted by molar-refractivity contribution is 5.41. The summed E-state index contributed by atoms with van der Waals surface area (Å²) in [4.78, 5) is 2.14. The molecule has 1 unspecified atom stereocenters. The van der Waals surface area contributed by atoms with E-state index in [1.54, 1.807) is 13.2 Å². The molecule has 0 radical (unpaired) electrons. The molecule has 4 nitrogen and oxygen atoms in total. The molecular weight excluding hydrogens is 264 g/mol. The molecule has 2 rings (SSSR count). The molecule has 0 aliphatic rings. The molecule has 0 bridgehead atoms. The van der Waals surface area contributed by atoms with Crippen LogP contribution in [0.3, 0.4) is 0 Å². The van der Waals surface area contributed by atoms with Crippen LogP contribution in [-0.2, 0) is 6.54 Å². The van der Waals surface area contributed by atoms with Gasteiger partial charge in [0.15, 0.2) is 0 Å². The first-order valence-electron chi connectivity index (χ1n) is 6.97. The smallest absolute Gasteiger partial charge is 0.124 e. The van der Waals surface area contributed by atoms with Gasteiger partial charge in [0.25, 0.3) is 0 Å². The van der Waals surface area contributed by atoms with Gasteiger partial charge in [-0.2, -0.15) is 0 Å². The number of methoxy groups -OCH3 is 1. The van der Waals surface area contributed by atoms with E-state index in [0.29, 0.717) is 12.3 Å². The number of hydrogen-bond donors (Lipinski definition) is 2. The third-order valence-corrected chi connectivity index (χ3v) is 3.63. The Kier molecular flexibility index (Phi) is 5.20. The largest absolute Gasteiger partial charge is 0.507 e. The minimum absolute atomic E-state index is 0.0453. The number of aromatic hydroxyl groups is 1. The average Bonchev–Trinajstić information content (AvgIpc) is 2.50. The van der Waals surface area contributed by atoms with Crippen LogP contribution < -0.4 is 10.5 Å². The predicted molar refractivity (Wildman–Crippen MR) is 84.4 cm³/mol. The lowest BCUT2D eigenvalue weighted by atomic mass is 10.0. The quantitative estimate of drug-likeness (QED) is 0.856. The molecule has 0 aliphatic carbocycles. The Labute approximate surface area is 125 Å². The number of nitrogens with two attached hydrogens (primary N) is 1. The summed E-state index contributed by atoms with van der Waals surface area (Å²) in [6, 6.07) is 15.5. The van der Waals surface area contributed by atoms with Gasteiger partial charge in [0.05, 0.1) is 13.2 Å². The number of likely N-dealkylation sites (N-methyl/N-ethyl adjacent to an activating group) is 1. The minimum atomic E-state index is -0.0453. The molecule has 0 aromatic heterocycles. The van der Waals surface area contributed by atoms with Gasteiger partial charge in [-0.15, -0.1) is 0 Å². The van der Waals surface area contributed by atoms with Gasteiger partial charge in [-0.1, -0.05) is 36.4 Å². The van der Waals surface area contributed by atoms with Gasteiger partial charge in [-0.3, -0.25) is 4.90 Å². The van der Waals surface area contributed by atoms with Crippen LogP contribution >= 0.6 is 0 Å². The zero-order chi connectivity index (χ0) is 15.2. The Hall–Kier alpha value is -2.04. The van der Waals surface area contributed by atoms with Crippen LogP contribution in [0, 0.1) is 0 Å². The maximum absolute atomic E-state index is 10.2. The first-order valence-corrected chi connectivity index (χ1v) is 6.97. The molecule has 0 spiro atoms. The van der Waals surface area contributed by atoms with E-state index in [4.69, 9.17) is 10.5 Å². The van der Waals surface area contributed by atoms with E-state index in [1.165, 1.54) is 5.56 Å². The SMILES string of the molecule is COc1ccc(C(CN)N(C)Cc2ccccc2)c(O)c1. The van der Waals surface area contributed by atoms with Gasteiger partial charge in [0.1, 0.15) is 11.5 Å². The van der Waals surface area contributed by atoms with Crippen molar-refractivity contribution >= 4 is 0 Å². The lowest BCUT2D eigenvalue weighted by Crippen LogP contribution is -2.30. The molecule has 21 heavy (non-hydrogen) atoms. The summed E-state index contributed by atoms with van der Waals surface area (Å²) >= 11 is 0. The van der Waals surface area contributed by atoms with Crippen molar-refractivity contribution in [1.82, 2.24) is 4.90 Å². The monoisotopic (exact) mass is 286 g/mol. The van der Waals surface area contributed by atoms with Gasteiger partial charge < -0.3 is 15.6 Å². The molecule has 0 amide bonds. The van der Waals surface area contributed by atoms with Crippen LogP contribution in [0.2, 0.25) is 0 Å². The maximum atomic E-state index is 10.2. The van der Waals surface area contributed by atoms with E-state index >= 15 is 0 Å². The molecular formula is C17H22N2O2. The van der Waals surface area contributed by atoms with Crippen molar-refractivity contribution in [2.75, 3.05) is 20.7 Å². The first-order chi connectivity index (χ1) is 10.2. The third kappa shape index (κ3) is 3.74. The minimum Gasteiger partial charge on any atom is -0.507 e. The van der Waals surface area contributed by atoms with Gasteiger partial charge in [-0.25, -0.2) is 0 Å². The fourth-order valence-corrected chi connectivity index (χ4v) is 2.46. The topological polar surface area (TPSA) is 58.7 Å². The Bertz CT molecular complexity index is 572. The van der Waals surface area contributed by atoms with Crippen LogP contribution in [0.15, 0.2) is 48.5 Å². The molecule has 2 aromatic rings. The summed E-state index contributed by atoms with van der Waals surface area (Å²) in [6.07, 6.45) is 0. The van der Waals surface area contributed by atoms with Crippen LogP contribution in [0.1, 0.15) is 17.2 Å². The average molecular weight is 286 g/mol. The van der Waals surface area contributed by atoms with Gasteiger partial charge in [0, 0.05) is 24.7 Å². The number of nitrogens with zero attached hydrogens (tertiary/aromatic N) is 1. The van der Waals surface area contributed by atoms with E-state index in [-0.39, 0.29) is 11.8 Å². The summed E-state index contributed by atoms with van der Waals surface area (Å²) in [7, 11) is 3.59. The number of phenolic OH excluding ortho intramolecular Hbond substituents is 1. The second kappa shape index (κ2) is 7.11. The van der Waals surface area contributed by atoms with Crippen molar-refractivity contribution in [2.45, 2.75) is 12.6 Å². The van der Waals surface area contributed by atoms with Crippen LogP contribution in [-0.4, -0.2) is 30.7 Å². The Morgan fingerprint density at radius 1 is 1.19 bits per heavy atom. The third-order valence-electron chi connectivity index (χ3n) is 3.63. The number of hydrogen-bond acceptors (Lipinski definition) is 4. The van der Waals surface area contributed by atoms with Gasteiger partial charge >= 0.3 is 0 Å². The highest BCUT2D eigenvalue weighted by Gasteiger charge is 2.19. The van der Waals surface area contributed by atoms with E-state index in [9.17, 15) is 5.11 Å². The molecule has 3 N–H and O–H groups in total. The zero-order valence-corrected chi connectivity index (χ0v) is 12.5. The van der Waals surface area contributed by atoms with Crippen LogP contribution in [0.4, 0.5) is 0 Å². The highest BCUT2D eigenvalue weighted by atomic mass is 16.5. The summed E-state index contributed by atoms with van der Waals surface area (Å²) in [5.74, 6) is 0.849. The fourth-order valence-electron chi connectivity index (χ4n) is 2.46. The molecule has 4 heteroatoms. The Morgan fingerprint density at radius 2 is 1.90 bits per heavy atom. The van der Waals surface area contributed by atoms with Crippen molar-refractivity contribution in [1.29, 1.82) is 0 Å². The number of ether oxygens (including phenoxy) is 1. The maximum Gasteiger partial charge on any atom is 0.124 e. The second-order valence-corrected chi connectivity index (χ2v) is 5.08. The van der Waals surface area contributed by atoms with Crippen molar-refractivity contribution in [2.24, 2.45) is 5.73 Å². The molecule has 0 aliphatic heterocycles. The second-order valence-electron chi connectivity index (χ2n) is 5.08. The van der Waals surface area contributed by atoms with Crippen LogP contribution in [0.5, 0.6) is 11.5 Å². The zero-order valence-electron chi connectivity index (χ0n) is 12.5. The Morgan fingerprint density at radius 3 is 2.48 bits per heavy atom. The number of benzene rings is 2. The molecule has 0 fully saturated rings. The molecule has 112 valence electrons. The van der Waals surface area contributed by atoms with E-state index in [0.717, 1.165) is 12.1 Å². The molecule has 2 aromatic carbocycles. The molecule has 1 atom stereocenters.